The number of amidine groups is 1. The number of aliphatic imine (C=N–C) groups is 1. The topological polar surface area (TPSA) is 61.7 Å². The van der Waals surface area contributed by atoms with Crippen LogP contribution in [-0.4, -0.2) is 28.5 Å². The minimum absolute atomic E-state index is 0. The third kappa shape index (κ3) is 3.15. The normalized spacial score (nSPS) is 13.9. The Bertz CT molecular complexity index is 406. The highest BCUT2D eigenvalue weighted by Crippen LogP contribution is 2.16. The fraction of sp³-hybridized carbons (Fsp3) is 0.200. The molecule has 2 N–H and O–H groups in total. The van der Waals surface area contributed by atoms with Crippen LogP contribution >= 0.6 is 24.2 Å². The molecule has 0 saturated heterocycles. The van der Waals surface area contributed by atoms with Crippen LogP contribution in [-0.2, 0) is 0 Å². The zero-order valence-corrected chi connectivity index (χ0v) is 9.98. The van der Waals surface area contributed by atoms with Crippen molar-refractivity contribution in [2.45, 2.75) is 0 Å². The Kier molecular flexibility index (Phi) is 4.64. The number of anilines is 1. The summed E-state index contributed by atoms with van der Waals surface area (Å²) in [4.78, 5) is 14.8. The molecule has 0 radical (unpaired) electrons. The fourth-order valence-electron chi connectivity index (χ4n) is 1.23. The first kappa shape index (κ1) is 12.9. The van der Waals surface area contributed by atoms with Crippen molar-refractivity contribution >= 4 is 41.0 Å². The molecule has 1 aromatic rings. The van der Waals surface area contributed by atoms with E-state index in [4.69, 9.17) is 5.11 Å². The van der Waals surface area contributed by atoms with Crippen molar-refractivity contribution in [1.82, 2.24) is 0 Å². The molecule has 0 fully saturated rings. The molecular weight excluding hydrogens is 248 g/mol. The van der Waals surface area contributed by atoms with Gasteiger partial charge in [-0.1, -0.05) is 11.8 Å². The lowest BCUT2D eigenvalue weighted by Crippen LogP contribution is -2.05. The van der Waals surface area contributed by atoms with E-state index >= 15 is 0 Å². The number of nitrogens with one attached hydrogen (secondary N) is 1. The number of nitrogens with zero attached hydrogens (tertiary/aromatic N) is 1. The van der Waals surface area contributed by atoms with Gasteiger partial charge in [-0.3, -0.25) is 4.99 Å². The summed E-state index contributed by atoms with van der Waals surface area (Å²) in [6.07, 6.45) is 0. The molecule has 86 valence electrons. The molecule has 0 amide bonds. The number of rotatable bonds is 2. The van der Waals surface area contributed by atoms with Crippen molar-refractivity contribution in [2.75, 3.05) is 17.6 Å². The highest BCUT2D eigenvalue weighted by atomic mass is 35.5. The van der Waals surface area contributed by atoms with E-state index in [1.54, 1.807) is 36.0 Å². The van der Waals surface area contributed by atoms with Gasteiger partial charge in [0.2, 0.25) is 0 Å². The largest absolute Gasteiger partial charge is 0.478 e. The molecule has 0 aromatic heterocycles. The zero-order valence-electron chi connectivity index (χ0n) is 8.34. The quantitative estimate of drug-likeness (QED) is 0.855. The molecule has 0 atom stereocenters. The molecule has 6 heteroatoms. The van der Waals surface area contributed by atoms with Gasteiger partial charge >= 0.3 is 5.97 Å². The van der Waals surface area contributed by atoms with Gasteiger partial charge in [-0.05, 0) is 24.3 Å². The Morgan fingerprint density at radius 1 is 1.38 bits per heavy atom. The molecule has 0 bridgehead atoms. The van der Waals surface area contributed by atoms with Crippen LogP contribution in [0.25, 0.3) is 0 Å². The Hall–Kier alpha value is -1.20. The number of aromatic carboxylic acids is 1. The van der Waals surface area contributed by atoms with Crippen molar-refractivity contribution in [2.24, 2.45) is 4.99 Å². The van der Waals surface area contributed by atoms with Crippen LogP contribution in [0.1, 0.15) is 10.4 Å². The summed E-state index contributed by atoms with van der Waals surface area (Å²) in [5, 5.41) is 12.7. The number of thioether (sulfide) groups is 1. The van der Waals surface area contributed by atoms with E-state index in [2.05, 4.69) is 10.3 Å². The highest BCUT2D eigenvalue weighted by Gasteiger charge is 2.07. The molecule has 1 aliphatic rings. The van der Waals surface area contributed by atoms with Crippen molar-refractivity contribution in [3.8, 4) is 0 Å². The van der Waals surface area contributed by atoms with Crippen LogP contribution in [0.2, 0.25) is 0 Å². The van der Waals surface area contributed by atoms with Crippen LogP contribution in [0.4, 0.5) is 5.69 Å². The van der Waals surface area contributed by atoms with E-state index in [1.807, 2.05) is 0 Å². The molecule has 1 aromatic carbocycles. The van der Waals surface area contributed by atoms with Crippen molar-refractivity contribution in [1.29, 1.82) is 0 Å². The molecule has 4 nitrogen and oxygen atoms in total. The van der Waals surface area contributed by atoms with Gasteiger partial charge in [-0.2, -0.15) is 0 Å². The molecule has 0 unspecified atom stereocenters. The van der Waals surface area contributed by atoms with Gasteiger partial charge in [0.15, 0.2) is 5.17 Å². The first-order valence-electron chi connectivity index (χ1n) is 4.53. The van der Waals surface area contributed by atoms with E-state index in [0.717, 1.165) is 23.2 Å². The summed E-state index contributed by atoms with van der Waals surface area (Å²) >= 11 is 1.67. The van der Waals surface area contributed by atoms with Crippen molar-refractivity contribution < 1.29 is 9.90 Å². The van der Waals surface area contributed by atoms with Crippen molar-refractivity contribution in [3.63, 3.8) is 0 Å². The van der Waals surface area contributed by atoms with Gasteiger partial charge in [-0.25, -0.2) is 4.79 Å². The third-order valence-electron chi connectivity index (χ3n) is 1.97. The average molecular weight is 259 g/mol. The van der Waals surface area contributed by atoms with Gasteiger partial charge in [-0.15, -0.1) is 12.4 Å². The lowest BCUT2D eigenvalue weighted by atomic mass is 10.2. The smallest absolute Gasteiger partial charge is 0.335 e. The van der Waals surface area contributed by atoms with E-state index < -0.39 is 5.97 Å². The minimum Gasteiger partial charge on any atom is -0.478 e. The monoisotopic (exact) mass is 258 g/mol. The molecule has 2 rings (SSSR count). The van der Waals surface area contributed by atoms with Crippen molar-refractivity contribution in [3.05, 3.63) is 29.8 Å². The van der Waals surface area contributed by atoms with Crippen LogP contribution in [0.5, 0.6) is 0 Å². The van der Waals surface area contributed by atoms with Gasteiger partial charge in [0.25, 0.3) is 0 Å². The maximum Gasteiger partial charge on any atom is 0.335 e. The zero-order chi connectivity index (χ0) is 10.7. The van der Waals surface area contributed by atoms with Gasteiger partial charge in [0, 0.05) is 11.4 Å². The van der Waals surface area contributed by atoms with E-state index in [-0.39, 0.29) is 12.4 Å². The van der Waals surface area contributed by atoms with Crippen LogP contribution in [0.3, 0.4) is 0 Å². The average Bonchev–Trinajstić information content (AvgIpc) is 2.71. The first-order chi connectivity index (χ1) is 7.25. The van der Waals surface area contributed by atoms with Crippen LogP contribution in [0.15, 0.2) is 29.3 Å². The molecule has 0 spiro atoms. The SMILES string of the molecule is Cl.O=C(O)c1ccc(NC2=NCCS2)cc1. The maximum absolute atomic E-state index is 10.6. The number of benzene rings is 1. The number of carboxylic acids is 1. The number of halogens is 1. The lowest BCUT2D eigenvalue weighted by molar-refractivity contribution is 0.0697. The number of hydrogen-bond donors (Lipinski definition) is 2. The van der Waals surface area contributed by atoms with E-state index in [0.29, 0.717) is 5.56 Å². The maximum atomic E-state index is 10.6. The predicted molar refractivity (Wildman–Crippen MR) is 69.0 cm³/mol. The Labute approximate surface area is 104 Å². The standard InChI is InChI=1S/C10H10N2O2S.ClH/c13-9(14)7-1-3-8(4-2-7)12-10-11-5-6-15-10;/h1-4H,5-6H2,(H,11,12)(H,13,14);1H. The summed E-state index contributed by atoms with van der Waals surface area (Å²) in [6.45, 7) is 0.847. The van der Waals surface area contributed by atoms with E-state index in [9.17, 15) is 4.79 Å². The molecule has 0 aliphatic carbocycles. The molecule has 16 heavy (non-hydrogen) atoms. The summed E-state index contributed by atoms with van der Waals surface area (Å²) in [5.74, 6) is 0.101. The Balaban J connectivity index is 0.00000128. The van der Waals surface area contributed by atoms with Gasteiger partial charge in [0.05, 0.1) is 12.1 Å². The molecule has 1 aliphatic heterocycles. The fourth-order valence-corrected chi connectivity index (χ4v) is 1.98. The molecule has 0 saturated carbocycles. The Morgan fingerprint density at radius 2 is 2.06 bits per heavy atom. The van der Waals surface area contributed by atoms with Crippen LogP contribution in [0, 0.1) is 0 Å². The third-order valence-corrected chi connectivity index (χ3v) is 2.86. The summed E-state index contributed by atoms with van der Waals surface area (Å²) in [5.41, 5.74) is 1.16. The number of hydrogen-bond acceptors (Lipinski definition) is 4. The second-order valence-corrected chi connectivity index (χ2v) is 4.13. The van der Waals surface area contributed by atoms with Gasteiger partial charge in [0.1, 0.15) is 0 Å². The Morgan fingerprint density at radius 3 is 2.56 bits per heavy atom. The summed E-state index contributed by atoms with van der Waals surface area (Å²) in [7, 11) is 0. The number of carboxylic acid groups (broad SMARTS) is 1. The second-order valence-electron chi connectivity index (χ2n) is 3.04. The molecule has 1 heterocycles. The lowest BCUT2D eigenvalue weighted by Gasteiger charge is -2.04. The highest BCUT2D eigenvalue weighted by molar-refractivity contribution is 8.14. The van der Waals surface area contributed by atoms with E-state index in [1.165, 1.54) is 0 Å². The first-order valence-corrected chi connectivity index (χ1v) is 5.52. The molecular formula is C10H11ClN2O2S. The van der Waals surface area contributed by atoms with Gasteiger partial charge < -0.3 is 10.4 Å². The summed E-state index contributed by atoms with van der Waals surface area (Å²) < 4.78 is 0. The predicted octanol–water partition coefficient (Wildman–Crippen LogP) is 2.32. The summed E-state index contributed by atoms with van der Waals surface area (Å²) in [6, 6.07) is 6.63. The minimum atomic E-state index is -0.908. The second kappa shape index (κ2) is 5.77. The number of carbonyl (C=O) groups is 1. The van der Waals surface area contributed by atoms with Crippen LogP contribution < -0.4 is 5.32 Å².